The van der Waals surface area contributed by atoms with Gasteiger partial charge in [0.1, 0.15) is 6.07 Å². The maximum Gasteiger partial charge on any atom is 0.161 e. The Hall–Kier alpha value is -8.33. The van der Waals surface area contributed by atoms with Crippen LogP contribution >= 0.6 is 0 Å². The van der Waals surface area contributed by atoms with Gasteiger partial charge in [0.25, 0.3) is 0 Å². The summed E-state index contributed by atoms with van der Waals surface area (Å²) in [6.45, 7) is 0. The number of hydrogen-bond donors (Lipinski definition) is 0. The SMILES string of the molecule is N#Cc1nc(-c2ccc(-n3c4ccc(-c5ccc6ccccc6c5)cc4c4cc(-c5ccc6c(c5)c5ccccc5n6-c5ccccc5)ccc43)cc2)nc2ccccc12. The molecule has 9 aromatic carbocycles. The second-order valence-electron chi connectivity index (χ2n) is 15.4. The normalized spacial score (nSPS) is 11.7. The summed E-state index contributed by atoms with van der Waals surface area (Å²) < 4.78 is 4.71. The highest BCUT2D eigenvalue weighted by Gasteiger charge is 2.18. The fourth-order valence-electron chi connectivity index (χ4n) is 9.09. The standard InChI is InChI=1S/C55H33N5/c56-34-50-45-15-6-8-16-49(45)57-55(58-50)36-20-25-43(26-21-36)60-53-28-22-39(38-19-18-35-10-4-5-11-37(35)30-38)32-47(53)48-33-41(24-29-54(48)60)40-23-27-52-46(31-40)44-14-7-9-17-51(44)59(52)42-12-2-1-3-13-42/h1-33H. The van der Waals surface area contributed by atoms with E-state index in [4.69, 9.17) is 4.98 Å². The van der Waals surface area contributed by atoms with E-state index in [2.05, 4.69) is 196 Å². The van der Waals surface area contributed by atoms with Crippen molar-refractivity contribution < 1.29 is 0 Å². The van der Waals surface area contributed by atoms with E-state index in [-0.39, 0.29) is 0 Å². The summed E-state index contributed by atoms with van der Waals surface area (Å²) in [5, 5.41) is 17.9. The highest BCUT2D eigenvalue weighted by Crippen LogP contribution is 2.40. The third kappa shape index (κ3) is 5.32. The van der Waals surface area contributed by atoms with Gasteiger partial charge < -0.3 is 9.13 Å². The molecule has 0 aliphatic heterocycles. The summed E-state index contributed by atoms with van der Waals surface area (Å²) in [6, 6.07) is 73.4. The van der Waals surface area contributed by atoms with Crippen LogP contribution in [0, 0.1) is 11.3 Å². The van der Waals surface area contributed by atoms with Gasteiger partial charge in [0.05, 0.1) is 27.6 Å². The molecule has 0 aliphatic rings. The lowest BCUT2D eigenvalue weighted by Crippen LogP contribution is -1.97. The van der Waals surface area contributed by atoms with Crippen molar-refractivity contribution in [3.05, 3.63) is 206 Å². The van der Waals surface area contributed by atoms with Gasteiger partial charge in [0, 0.05) is 43.9 Å². The number of rotatable bonds is 5. The molecule has 0 spiro atoms. The quantitative estimate of drug-likeness (QED) is 0.175. The van der Waals surface area contributed by atoms with Crippen molar-refractivity contribution in [3.8, 4) is 51.1 Å². The van der Waals surface area contributed by atoms with Gasteiger partial charge in [-0.15, -0.1) is 0 Å². The van der Waals surface area contributed by atoms with Gasteiger partial charge in [-0.1, -0.05) is 103 Å². The molecule has 5 heteroatoms. The summed E-state index contributed by atoms with van der Waals surface area (Å²) in [5.41, 5.74) is 13.5. The average molecular weight is 764 g/mol. The van der Waals surface area contributed by atoms with Crippen molar-refractivity contribution in [1.82, 2.24) is 19.1 Å². The third-order valence-electron chi connectivity index (χ3n) is 12.0. The van der Waals surface area contributed by atoms with E-state index in [1.807, 2.05) is 24.3 Å². The molecule has 0 N–H and O–H groups in total. The van der Waals surface area contributed by atoms with Crippen LogP contribution in [0.4, 0.5) is 0 Å². The molecule has 0 atom stereocenters. The first-order valence-corrected chi connectivity index (χ1v) is 20.1. The summed E-state index contributed by atoms with van der Waals surface area (Å²) >= 11 is 0. The van der Waals surface area contributed by atoms with Crippen LogP contribution in [0.25, 0.3) is 110 Å². The van der Waals surface area contributed by atoms with Gasteiger partial charge in [0.15, 0.2) is 11.5 Å². The molecule has 278 valence electrons. The maximum absolute atomic E-state index is 9.90. The number of nitriles is 1. The van der Waals surface area contributed by atoms with Crippen LogP contribution < -0.4 is 0 Å². The highest BCUT2D eigenvalue weighted by molar-refractivity contribution is 6.13. The zero-order valence-corrected chi connectivity index (χ0v) is 32.3. The minimum absolute atomic E-state index is 0.376. The Morgan fingerprint density at radius 2 is 0.833 bits per heavy atom. The molecule has 0 saturated carbocycles. The molecule has 5 nitrogen and oxygen atoms in total. The van der Waals surface area contributed by atoms with Crippen LogP contribution in [-0.4, -0.2) is 19.1 Å². The molecule has 3 heterocycles. The van der Waals surface area contributed by atoms with Gasteiger partial charge in [-0.25, -0.2) is 9.97 Å². The summed E-state index contributed by atoms with van der Waals surface area (Å²) in [4.78, 5) is 9.47. The van der Waals surface area contributed by atoms with Crippen LogP contribution in [0.3, 0.4) is 0 Å². The first kappa shape index (κ1) is 33.8. The van der Waals surface area contributed by atoms with Gasteiger partial charge in [0.2, 0.25) is 0 Å². The molecule has 0 unspecified atom stereocenters. The Kier molecular flexibility index (Phi) is 7.53. The number of nitrogens with zero attached hydrogens (tertiary/aromatic N) is 5. The Labute approximate surface area is 345 Å². The molecule has 0 amide bonds. The van der Waals surface area contributed by atoms with Crippen molar-refractivity contribution in [3.63, 3.8) is 0 Å². The van der Waals surface area contributed by atoms with Crippen molar-refractivity contribution >= 4 is 65.3 Å². The van der Waals surface area contributed by atoms with Crippen molar-refractivity contribution in [2.75, 3.05) is 0 Å². The maximum atomic E-state index is 9.90. The van der Waals surface area contributed by atoms with Crippen LogP contribution in [0.15, 0.2) is 200 Å². The fourth-order valence-corrected chi connectivity index (χ4v) is 9.09. The third-order valence-corrected chi connectivity index (χ3v) is 12.0. The lowest BCUT2D eigenvalue weighted by atomic mass is 9.98. The van der Waals surface area contributed by atoms with Crippen molar-refractivity contribution in [2.45, 2.75) is 0 Å². The van der Waals surface area contributed by atoms with Crippen LogP contribution in [-0.2, 0) is 0 Å². The zero-order valence-electron chi connectivity index (χ0n) is 32.3. The Morgan fingerprint density at radius 1 is 0.350 bits per heavy atom. The van der Waals surface area contributed by atoms with E-state index < -0.39 is 0 Å². The largest absolute Gasteiger partial charge is 0.309 e. The molecular weight excluding hydrogens is 731 g/mol. The van der Waals surface area contributed by atoms with Gasteiger partial charge >= 0.3 is 0 Å². The van der Waals surface area contributed by atoms with E-state index in [0.29, 0.717) is 11.5 Å². The number of para-hydroxylation sites is 3. The number of aromatic nitrogens is 4. The molecule has 3 aromatic heterocycles. The molecular formula is C55H33N5. The molecule has 0 saturated heterocycles. The van der Waals surface area contributed by atoms with E-state index in [9.17, 15) is 5.26 Å². The van der Waals surface area contributed by atoms with E-state index in [0.717, 1.165) is 44.4 Å². The first-order chi connectivity index (χ1) is 29.7. The van der Waals surface area contributed by atoms with Gasteiger partial charge in [-0.2, -0.15) is 5.26 Å². The average Bonchev–Trinajstić information content (AvgIpc) is 3.83. The minimum atomic E-state index is 0.376. The van der Waals surface area contributed by atoms with Gasteiger partial charge in [-0.3, -0.25) is 0 Å². The second kappa shape index (κ2) is 13.4. The molecule has 60 heavy (non-hydrogen) atoms. The Bertz CT molecular complexity index is 3720. The number of benzene rings is 9. The molecule has 0 bridgehead atoms. The monoisotopic (exact) mass is 763 g/mol. The lowest BCUT2D eigenvalue weighted by Gasteiger charge is -2.11. The molecule has 0 aliphatic carbocycles. The zero-order chi connectivity index (χ0) is 39.7. The smallest absolute Gasteiger partial charge is 0.161 e. The summed E-state index contributed by atoms with van der Waals surface area (Å²) in [6.07, 6.45) is 0. The molecule has 12 rings (SSSR count). The Morgan fingerprint density at radius 3 is 1.50 bits per heavy atom. The van der Waals surface area contributed by atoms with E-state index >= 15 is 0 Å². The van der Waals surface area contributed by atoms with Crippen LogP contribution in [0.1, 0.15) is 5.69 Å². The van der Waals surface area contributed by atoms with Crippen LogP contribution in [0.2, 0.25) is 0 Å². The van der Waals surface area contributed by atoms with E-state index in [1.165, 1.54) is 60.0 Å². The summed E-state index contributed by atoms with van der Waals surface area (Å²) in [7, 11) is 0. The molecule has 0 radical (unpaired) electrons. The predicted octanol–water partition coefficient (Wildman–Crippen LogP) is 13.8. The summed E-state index contributed by atoms with van der Waals surface area (Å²) in [5.74, 6) is 0.535. The van der Waals surface area contributed by atoms with E-state index in [1.54, 1.807) is 0 Å². The Balaban J connectivity index is 1.03. The van der Waals surface area contributed by atoms with Crippen molar-refractivity contribution in [1.29, 1.82) is 5.26 Å². The van der Waals surface area contributed by atoms with Crippen LogP contribution in [0.5, 0.6) is 0 Å². The highest BCUT2D eigenvalue weighted by atomic mass is 15.0. The molecule has 0 fully saturated rings. The minimum Gasteiger partial charge on any atom is -0.309 e. The first-order valence-electron chi connectivity index (χ1n) is 20.1. The van der Waals surface area contributed by atoms with Crippen molar-refractivity contribution in [2.24, 2.45) is 0 Å². The lowest BCUT2D eigenvalue weighted by molar-refractivity contribution is 1.17. The molecule has 12 aromatic rings. The topological polar surface area (TPSA) is 59.4 Å². The predicted molar refractivity (Wildman–Crippen MR) is 247 cm³/mol. The number of fused-ring (bicyclic) bond motifs is 8. The van der Waals surface area contributed by atoms with Gasteiger partial charge in [-0.05, 0) is 130 Å². The fraction of sp³-hybridized carbons (Fsp3) is 0. The number of hydrogen-bond acceptors (Lipinski definition) is 3. The second-order valence-corrected chi connectivity index (χ2v) is 15.4.